The topological polar surface area (TPSA) is 37.3 Å². The van der Waals surface area contributed by atoms with E-state index in [9.17, 15) is 9.90 Å². The molecule has 1 N–H and O–H groups in total. The molecule has 0 aliphatic carbocycles. The smallest absolute Gasteiger partial charge is 0.189 e. The fraction of sp³-hybridized carbons (Fsp3) is 0. The van der Waals surface area contributed by atoms with Crippen molar-refractivity contribution >= 4 is 39.4 Å². The van der Waals surface area contributed by atoms with Gasteiger partial charge in [-0.25, -0.2) is 0 Å². The second-order valence-electron chi connectivity index (χ2n) is 3.91. The molecule has 4 heteroatoms. The zero-order valence-electron chi connectivity index (χ0n) is 9.81. The molecule has 2 nitrogen and oxygen atoms in total. The molecule has 0 aliphatic heterocycles. The maximum Gasteiger partial charge on any atom is 0.189 e. The van der Waals surface area contributed by atoms with E-state index in [-0.39, 0.29) is 17.1 Å². The first-order valence-corrected chi connectivity index (χ1v) is 6.70. The molecule has 0 radical (unpaired) electrons. The fourth-order valence-corrected chi connectivity index (χ4v) is 2.17. The maximum atomic E-state index is 12.0. The van der Waals surface area contributed by atoms with Crippen molar-refractivity contribution in [2.45, 2.75) is 0 Å². The van der Waals surface area contributed by atoms with Gasteiger partial charge in [-0.05, 0) is 42.0 Å². The Bertz CT molecular complexity index is 650. The molecule has 0 unspecified atom stereocenters. The first-order chi connectivity index (χ1) is 9.06. The Hall–Kier alpha value is -1.58. The molecule has 0 bridgehead atoms. The number of ketones is 1. The quantitative estimate of drug-likeness (QED) is 0.651. The van der Waals surface area contributed by atoms with Crippen LogP contribution in [-0.2, 0) is 0 Å². The SMILES string of the molecule is O=C(/C=C/c1cccc(Br)c1)c1cc(Cl)ccc1O. The van der Waals surface area contributed by atoms with E-state index in [0.717, 1.165) is 10.0 Å². The molecular formula is C15H10BrClO2. The van der Waals surface area contributed by atoms with Gasteiger partial charge in [0.25, 0.3) is 0 Å². The van der Waals surface area contributed by atoms with Crippen LogP contribution in [0.25, 0.3) is 6.08 Å². The molecule has 0 aromatic heterocycles. The van der Waals surface area contributed by atoms with Crippen LogP contribution >= 0.6 is 27.5 Å². The van der Waals surface area contributed by atoms with Crippen molar-refractivity contribution in [1.82, 2.24) is 0 Å². The zero-order chi connectivity index (χ0) is 13.8. The minimum Gasteiger partial charge on any atom is -0.507 e. The fourth-order valence-electron chi connectivity index (χ4n) is 1.58. The molecule has 19 heavy (non-hydrogen) atoms. The molecule has 2 rings (SSSR count). The normalized spacial score (nSPS) is 10.8. The summed E-state index contributed by atoms with van der Waals surface area (Å²) in [5.74, 6) is -0.367. The van der Waals surface area contributed by atoms with Gasteiger partial charge in [0.1, 0.15) is 5.75 Å². The van der Waals surface area contributed by atoms with Gasteiger partial charge in [0.15, 0.2) is 5.78 Å². The van der Waals surface area contributed by atoms with Crippen LogP contribution in [-0.4, -0.2) is 10.9 Å². The number of aromatic hydroxyl groups is 1. The number of hydrogen-bond donors (Lipinski definition) is 1. The third-order valence-corrected chi connectivity index (χ3v) is 3.23. The van der Waals surface area contributed by atoms with Crippen molar-refractivity contribution in [3.05, 3.63) is 69.2 Å². The maximum absolute atomic E-state index is 12.0. The summed E-state index contributed by atoms with van der Waals surface area (Å²) in [5.41, 5.74) is 1.09. The second-order valence-corrected chi connectivity index (χ2v) is 5.27. The van der Waals surface area contributed by atoms with Gasteiger partial charge in [0.2, 0.25) is 0 Å². The number of allylic oxidation sites excluding steroid dienone is 1. The molecule has 0 saturated carbocycles. The molecule has 0 heterocycles. The number of phenolic OH excluding ortho intramolecular Hbond substituents is 1. The van der Waals surface area contributed by atoms with E-state index in [0.29, 0.717) is 5.02 Å². The summed E-state index contributed by atoms with van der Waals surface area (Å²) in [4.78, 5) is 12.0. The summed E-state index contributed by atoms with van der Waals surface area (Å²) in [6.45, 7) is 0. The molecule has 2 aromatic carbocycles. The molecule has 96 valence electrons. The summed E-state index contributed by atoms with van der Waals surface area (Å²) in [5, 5.41) is 10.0. The van der Waals surface area contributed by atoms with Crippen LogP contribution < -0.4 is 0 Å². The summed E-state index contributed by atoms with van der Waals surface area (Å²) >= 11 is 9.16. The Balaban J connectivity index is 2.23. The molecular weight excluding hydrogens is 328 g/mol. The van der Waals surface area contributed by atoms with E-state index in [1.54, 1.807) is 6.08 Å². The minimum absolute atomic E-state index is 0.0757. The highest BCUT2D eigenvalue weighted by Crippen LogP contribution is 2.22. The van der Waals surface area contributed by atoms with Gasteiger partial charge in [0.05, 0.1) is 5.56 Å². The highest BCUT2D eigenvalue weighted by Gasteiger charge is 2.08. The summed E-state index contributed by atoms with van der Waals surface area (Å²) < 4.78 is 0.938. The average Bonchev–Trinajstić information content (AvgIpc) is 2.39. The van der Waals surface area contributed by atoms with Crippen molar-refractivity contribution in [3.63, 3.8) is 0 Å². The van der Waals surface area contributed by atoms with Gasteiger partial charge in [-0.2, -0.15) is 0 Å². The van der Waals surface area contributed by atoms with Gasteiger partial charge < -0.3 is 5.11 Å². The first kappa shape index (κ1) is 13.8. The average molecular weight is 338 g/mol. The molecule has 0 spiro atoms. The Morgan fingerprint density at radius 2 is 2.00 bits per heavy atom. The molecule has 0 saturated heterocycles. The number of hydrogen-bond acceptors (Lipinski definition) is 2. The summed E-state index contributed by atoms with van der Waals surface area (Å²) in [6, 6.07) is 11.9. The third-order valence-electron chi connectivity index (χ3n) is 2.50. The van der Waals surface area contributed by atoms with E-state index in [1.807, 2.05) is 24.3 Å². The van der Waals surface area contributed by atoms with Crippen molar-refractivity contribution in [3.8, 4) is 5.75 Å². The van der Waals surface area contributed by atoms with Crippen LogP contribution in [0.15, 0.2) is 53.0 Å². The Labute approximate surface area is 124 Å². The lowest BCUT2D eigenvalue weighted by Gasteiger charge is -2.01. The van der Waals surface area contributed by atoms with Crippen LogP contribution in [0.3, 0.4) is 0 Å². The number of phenols is 1. The molecule has 0 amide bonds. The van der Waals surface area contributed by atoms with Gasteiger partial charge in [0, 0.05) is 9.50 Å². The Morgan fingerprint density at radius 1 is 1.21 bits per heavy atom. The highest BCUT2D eigenvalue weighted by molar-refractivity contribution is 9.10. The number of carbonyl (C=O) groups excluding carboxylic acids is 1. The largest absolute Gasteiger partial charge is 0.507 e. The van der Waals surface area contributed by atoms with E-state index in [2.05, 4.69) is 15.9 Å². The highest BCUT2D eigenvalue weighted by atomic mass is 79.9. The van der Waals surface area contributed by atoms with E-state index in [4.69, 9.17) is 11.6 Å². The Morgan fingerprint density at radius 3 is 2.74 bits per heavy atom. The van der Waals surface area contributed by atoms with E-state index >= 15 is 0 Å². The van der Waals surface area contributed by atoms with Gasteiger partial charge in [-0.3, -0.25) is 4.79 Å². The molecule has 2 aromatic rings. The lowest BCUT2D eigenvalue weighted by molar-refractivity contribution is 0.104. The lowest BCUT2D eigenvalue weighted by Crippen LogP contribution is -1.94. The number of halogens is 2. The van der Waals surface area contributed by atoms with Crippen LogP contribution in [0.4, 0.5) is 0 Å². The van der Waals surface area contributed by atoms with Gasteiger partial charge in [-0.1, -0.05) is 45.7 Å². The molecule has 0 atom stereocenters. The monoisotopic (exact) mass is 336 g/mol. The number of rotatable bonds is 3. The van der Waals surface area contributed by atoms with Crippen LogP contribution in [0.2, 0.25) is 5.02 Å². The first-order valence-electron chi connectivity index (χ1n) is 5.53. The number of benzene rings is 2. The van der Waals surface area contributed by atoms with Crippen LogP contribution in [0.5, 0.6) is 5.75 Å². The third kappa shape index (κ3) is 3.69. The van der Waals surface area contributed by atoms with E-state index in [1.165, 1.54) is 24.3 Å². The van der Waals surface area contributed by atoms with Crippen molar-refractivity contribution < 1.29 is 9.90 Å². The standard InChI is InChI=1S/C15H10BrClO2/c16-11-3-1-2-10(8-11)4-6-14(18)13-9-12(17)5-7-15(13)19/h1-9,19H/b6-4+. The van der Waals surface area contributed by atoms with Gasteiger partial charge >= 0.3 is 0 Å². The summed E-state index contributed by atoms with van der Waals surface area (Å²) in [7, 11) is 0. The summed E-state index contributed by atoms with van der Waals surface area (Å²) in [6.07, 6.45) is 3.10. The molecule has 0 aliphatic rings. The van der Waals surface area contributed by atoms with Crippen LogP contribution in [0, 0.1) is 0 Å². The number of carbonyl (C=O) groups is 1. The van der Waals surface area contributed by atoms with Crippen LogP contribution in [0.1, 0.15) is 15.9 Å². The second kappa shape index (κ2) is 6.04. The lowest BCUT2D eigenvalue weighted by atomic mass is 10.1. The minimum atomic E-state index is -0.292. The van der Waals surface area contributed by atoms with Crippen molar-refractivity contribution in [1.29, 1.82) is 0 Å². The zero-order valence-corrected chi connectivity index (χ0v) is 12.1. The van der Waals surface area contributed by atoms with E-state index < -0.39 is 0 Å². The molecule has 0 fully saturated rings. The van der Waals surface area contributed by atoms with Crippen molar-refractivity contribution in [2.75, 3.05) is 0 Å². The van der Waals surface area contributed by atoms with Gasteiger partial charge in [-0.15, -0.1) is 0 Å². The Kier molecular flexibility index (Phi) is 4.40. The predicted molar refractivity (Wildman–Crippen MR) is 80.6 cm³/mol. The predicted octanol–water partition coefficient (Wildman–Crippen LogP) is 4.70. The van der Waals surface area contributed by atoms with Crippen molar-refractivity contribution in [2.24, 2.45) is 0 Å².